The molecule has 0 aliphatic rings. The average Bonchev–Trinajstić information content (AvgIpc) is 2.40. The van der Waals surface area contributed by atoms with Crippen molar-refractivity contribution in [2.75, 3.05) is 6.54 Å². The minimum absolute atomic E-state index is 0.172. The third-order valence-electron chi connectivity index (χ3n) is 3.17. The molecule has 0 radical (unpaired) electrons. The topological polar surface area (TPSA) is 63.5 Å². The highest BCUT2D eigenvalue weighted by atomic mass is 19.1. The van der Waals surface area contributed by atoms with Gasteiger partial charge in [0.25, 0.3) is 5.91 Å². The van der Waals surface area contributed by atoms with Gasteiger partial charge in [0.05, 0.1) is 16.6 Å². The maximum atomic E-state index is 14.0. The van der Waals surface area contributed by atoms with E-state index in [0.29, 0.717) is 25.1 Å². The van der Waals surface area contributed by atoms with Crippen molar-refractivity contribution in [3.8, 4) is 0 Å². The van der Waals surface area contributed by atoms with E-state index in [-0.39, 0.29) is 6.04 Å². The zero-order chi connectivity index (χ0) is 15.4. The van der Waals surface area contributed by atoms with Crippen LogP contribution in [0.25, 0.3) is 0 Å². The average molecular weight is 286 g/mol. The summed E-state index contributed by atoms with van der Waals surface area (Å²) in [5, 5.41) is 10.7. The van der Waals surface area contributed by atoms with Crippen LogP contribution in [-0.2, 0) is 0 Å². The second kappa shape index (κ2) is 6.40. The van der Waals surface area contributed by atoms with E-state index in [1.807, 2.05) is 6.92 Å². The molecule has 0 aliphatic carbocycles. The van der Waals surface area contributed by atoms with Crippen molar-refractivity contribution >= 4 is 11.6 Å². The van der Waals surface area contributed by atoms with Gasteiger partial charge >= 0.3 is 5.69 Å². The van der Waals surface area contributed by atoms with Crippen LogP contribution in [0, 0.1) is 21.7 Å². The number of halogens is 2. The minimum atomic E-state index is -1.30. The molecule has 0 N–H and O–H groups in total. The molecule has 0 fully saturated rings. The van der Waals surface area contributed by atoms with Crippen LogP contribution in [0.4, 0.5) is 14.5 Å². The first-order valence-electron chi connectivity index (χ1n) is 6.27. The van der Waals surface area contributed by atoms with Gasteiger partial charge in [0.1, 0.15) is 5.82 Å². The zero-order valence-corrected chi connectivity index (χ0v) is 11.5. The number of nitrogens with zero attached hydrogens (tertiary/aromatic N) is 2. The second-order valence-electron chi connectivity index (χ2n) is 4.39. The van der Waals surface area contributed by atoms with Crippen LogP contribution in [0.15, 0.2) is 12.1 Å². The van der Waals surface area contributed by atoms with Crippen molar-refractivity contribution in [2.45, 2.75) is 33.2 Å². The van der Waals surface area contributed by atoms with Crippen molar-refractivity contribution in [3.05, 3.63) is 39.4 Å². The maximum absolute atomic E-state index is 14.0. The third-order valence-corrected chi connectivity index (χ3v) is 3.17. The quantitative estimate of drug-likeness (QED) is 0.617. The highest BCUT2D eigenvalue weighted by molar-refractivity contribution is 5.95. The molecule has 1 atom stereocenters. The largest absolute Gasteiger partial charge is 0.336 e. The highest BCUT2D eigenvalue weighted by Crippen LogP contribution is 2.24. The van der Waals surface area contributed by atoms with E-state index in [0.717, 1.165) is 0 Å². The number of hydrogen-bond acceptors (Lipinski definition) is 3. The Bertz CT molecular complexity index is 535. The van der Waals surface area contributed by atoms with Crippen molar-refractivity contribution in [2.24, 2.45) is 0 Å². The normalized spacial score (nSPS) is 12.1. The molecular formula is C13H16F2N2O3. The minimum Gasteiger partial charge on any atom is -0.336 e. The van der Waals surface area contributed by atoms with E-state index >= 15 is 0 Å². The number of nitro benzene ring substituents is 1. The summed E-state index contributed by atoms with van der Waals surface area (Å²) in [6.45, 7) is 5.63. The van der Waals surface area contributed by atoms with E-state index in [1.165, 1.54) is 4.90 Å². The van der Waals surface area contributed by atoms with Crippen molar-refractivity contribution in [1.82, 2.24) is 4.90 Å². The van der Waals surface area contributed by atoms with Gasteiger partial charge in [-0.3, -0.25) is 14.9 Å². The van der Waals surface area contributed by atoms with Crippen molar-refractivity contribution in [1.29, 1.82) is 0 Å². The molecule has 0 saturated heterocycles. The molecular weight excluding hydrogens is 270 g/mol. The molecule has 110 valence electrons. The predicted octanol–water partition coefficient (Wildman–Crippen LogP) is 3.13. The summed E-state index contributed by atoms with van der Waals surface area (Å²) in [7, 11) is 0. The molecule has 1 rings (SSSR count). The van der Waals surface area contributed by atoms with E-state index in [2.05, 4.69) is 0 Å². The highest BCUT2D eigenvalue weighted by Gasteiger charge is 2.28. The van der Waals surface area contributed by atoms with Crippen LogP contribution in [0.2, 0.25) is 0 Å². The number of amides is 1. The molecule has 20 heavy (non-hydrogen) atoms. The van der Waals surface area contributed by atoms with Crippen LogP contribution < -0.4 is 0 Å². The number of nitro groups is 1. The van der Waals surface area contributed by atoms with Gasteiger partial charge in [-0.1, -0.05) is 6.92 Å². The lowest BCUT2D eigenvalue weighted by atomic mass is 10.1. The summed E-state index contributed by atoms with van der Waals surface area (Å²) in [6.07, 6.45) is 0.638. The van der Waals surface area contributed by atoms with Crippen LogP contribution in [0.1, 0.15) is 37.6 Å². The van der Waals surface area contributed by atoms with Gasteiger partial charge in [0, 0.05) is 12.6 Å². The molecule has 0 aromatic heterocycles. The van der Waals surface area contributed by atoms with Crippen LogP contribution in [0.3, 0.4) is 0 Å². The second-order valence-corrected chi connectivity index (χ2v) is 4.39. The molecule has 0 heterocycles. The lowest BCUT2D eigenvalue weighted by Gasteiger charge is -2.27. The molecule has 0 bridgehead atoms. The maximum Gasteiger partial charge on any atom is 0.308 e. The predicted molar refractivity (Wildman–Crippen MR) is 69.5 cm³/mol. The molecule has 1 aromatic rings. The fourth-order valence-corrected chi connectivity index (χ4v) is 1.89. The van der Waals surface area contributed by atoms with E-state index in [4.69, 9.17) is 0 Å². The Kier molecular flexibility index (Phi) is 5.12. The molecule has 1 aromatic carbocycles. The smallest absolute Gasteiger partial charge is 0.308 e. The Balaban J connectivity index is 3.31. The van der Waals surface area contributed by atoms with Gasteiger partial charge < -0.3 is 4.90 Å². The number of rotatable bonds is 5. The zero-order valence-electron chi connectivity index (χ0n) is 11.5. The Hall–Kier alpha value is -2.05. The molecule has 0 saturated carbocycles. The van der Waals surface area contributed by atoms with Gasteiger partial charge in [-0.15, -0.1) is 0 Å². The molecule has 5 nitrogen and oxygen atoms in total. The number of hydrogen-bond donors (Lipinski definition) is 0. The molecule has 7 heteroatoms. The van der Waals surface area contributed by atoms with Crippen LogP contribution >= 0.6 is 0 Å². The lowest BCUT2D eigenvalue weighted by molar-refractivity contribution is -0.387. The number of carbonyl (C=O) groups is 1. The summed E-state index contributed by atoms with van der Waals surface area (Å²) in [6, 6.07) is 0.982. The Morgan fingerprint density at radius 3 is 2.45 bits per heavy atom. The van der Waals surface area contributed by atoms with Crippen molar-refractivity contribution in [3.63, 3.8) is 0 Å². The van der Waals surface area contributed by atoms with Crippen molar-refractivity contribution < 1.29 is 18.5 Å². The first kappa shape index (κ1) is 16.0. The van der Waals surface area contributed by atoms with E-state index in [9.17, 15) is 23.7 Å². The first-order valence-corrected chi connectivity index (χ1v) is 6.27. The molecule has 0 aliphatic heterocycles. The van der Waals surface area contributed by atoms with Gasteiger partial charge in [-0.25, -0.2) is 4.39 Å². The summed E-state index contributed by atoms with van der Waals surface area (Å²) in [5.74, 6) is -3.06. The summed E-state index contributed by atoms with van der Waals surface area (Å²) >= 11 is 0. The SMILES string of the molecule is CCC(C)N(CC)C(=O)c1cc(F)cc([N+](=O)[O-])c1F. The standard InChI is InChI=1S/C13H16F2N2O3/c1-4-8(3)16(5-2)13(18)10-6-9(14)7-11(12(10)15)17(19)20/h6-8H,4-5H2,1-3H3. The molecule has 0 spiro atoms. The number of carbonyl (C=O) groups excluding carboxylic acids is 1. The van der Waals surface area contributed by atoms with E-state index in [1.54, 1.807) is 13.8 Å². The monoisotopic (exact) mass is 286 g/mol. The Morgan fingerprint density at radius 2 is 2.00 bits per heavy atom. The van der Waals surface area contributed by atoms with Gasteiger partial charge in [-0.05, 0) is 26.3 Å². The summed E-state index contributed by atoms with van der Waals surface area (Å²) in [4.78, 5) is 23.2. The molecule has 1 amide bonds. The van der Waals surface area contributed by atoms with Crippen LogP contribution in [-0.4, -0.2) is 28.3 Å². The van der Waals surface area contributed by atoms with E-state index < -0.39 is 33.7 Å². The fraction of sp³-hybridized carbons (Fsp3) is 0.462. The fourth-order valence-electron chi connectivity index (χ4n) is 1.89. The summed E-state index contributed by atoms with van der Waals surface area (Å²) in [5.41, 5.74) is -1.65. The van der Waals surface area contributed by atoms with Crippen LogP contribution in [0.5, 0.6) is 0 Å². The summed E-state index contributed by atoms with van der Waals surface area (Å²) < 4.78 is 27.3. The number of benzene rings is 1. The van der Waals surface area contributed by atoms with Gasteiger partial charge in [0.15, 0.2) is 0 Å². The third kappa shape index (κ3) is 3.09. The first-order chi connectivity index (χ1) is 9.33. The van der Waals surface area contributed by atoms with Gasteiger partial charge in [-0.2, -0.15) is 4.39 Å². The Labute approximate surface area is 115 Å². The molecule has 1 unspecified atom stereocenters. The van der Waals surface area contributed by atoms with Gasteiger partial charge in [0.2, 0.25) is 5.82 Å². The Morgan fingerprint density at radius 1 is 1.40 bits per heavy atom. The lowest BCUT2D eigenvalue weighted by Crippen LogP contribution is -2.38.